The summed E-state index contributed by atoms with van der Waals surface area (Å²) in [6, 6.07) is 0. The van der Waals surface area contributed by atoms with Crippen LogP contribution >= 0.6 is 0 Å². The summed E-state index contributed by atoms with van der Waals surface area (Å²) in [5, 5.41) is 18.3. The molecule has 0 aliphatic heterocycles. The lowest BCUT2D eigenvalue weighted by Gasteiger charge is -2.29. The van der Waals surface area contributed by atoms with Crippen LogP contribution in [0.1, 0.15) is 44.9 Å². The standard InChI is InChI=1S/C18H24O7/c1-24-12-3-5-13(6-4-12)25-9-8-16(19)11-2-7-14(17(20)21)15(10-11)18(22)23/h11-15H,2-7,10H2,1H3,(H,20,21)(H,22,23). The van der Waals surface area contributed by atoms with E-state index in [1.54, 1.807) is 7.11 Å². The summed E-state index contributed by atoms with van der Waals surface area (Å²) < 4.78 is 10.7. The molecule has 7 heteroatoms. The third-order valence-corrected chi connectivity index (χ3v) is 5.21. The highest BCUT2D eigenvalue weighted by Crippen LogP contribution is 2.35. The third-order valence-electron chi connectivity index (χ3n) is 5.21. The van der Waals surface area contributed by atoms with Crippen molar-refractivity contribution in [3.05, 3.63) is 0 Å². The zero-order chi connectivity index (χ0) is 18.4. The number of carboxylic acids is 2. The minimum absolute atomic E-state index is 0.0127. The highest BCUT2D eigenvalue weighted by Gasteiger charge is 2.41. The van der Waals surface area contributed by atoms with Gasteiger partial charge in [0, 0.05) is 18.9 Å². The molecule has 0 bridgehead atoms. The van der Waals surface area contributed by atoms with E-state index in [-0.39, 0.29) is 30.8 Å². The second-order valence-electron chi connectivity index (χ2n) is 6.74. The van der Waals surface area contributed by atoms with Crippen molar-refractivity contribution < 1.29 is 34.1 Å². The Morgan fingerprint density at radius 3 is 2.04 bits per heavy atom. The molecular weight excluding hydrogens is 328 g/mol. The molecule has 3 unspecified atom stereocenters. The Balaban J connectivity index is 1.85. The zero-order valence-corrected chi connectivity index (χ0v) is 14.3. The molecule has 2 aliphatic rings. The van der Waals surface area contributed by atoms with Gasteiger partial charge in [-0.2, -0.15) is 0 Å². The minimum atomic E-state index is -1.18. The first-order chi connectivity index (χ1) is 11.9. The number of hydrogen-bond donors (Lipinski definition) is 2. The Morgan fingerprint density at radius 2 is 1.48 bits per heavy atom. The molecule has 7 nitrogen and oxygen atoms in total. The van der Waals surface area contributed by atoms with E-state index in [0.717, 1.165) is 25.7 Å². The number of rotatable bonds is 5. The smallest absolute Gasteiger partial charge is 0.307 e. The van der Waals surface area contributed by atoms with Gasteiger partial charge in [0.25, 0.3) is 0 Å². The predicted octanol–water partition coefficient (Wildman–Crippen LogP) is 1.69. The van der Waals surface area contributed by atoms with Crippen molar-refractivity contribution in [3.8, 4) is 12.0 Å². The molecule has 0 heterocycles. The molecule has 0 amide bonds. The van der Waals surface area contributed by atoms with Gasteiger partial charge in [-0.3, -0.25) is 14.4 Å². The predicted molar refractivity (Wildman–Crippen MR) is 86.5 cm³/mol. The molecule has 2 fully saturated rings. The molecule has 2 rings (SSSR count). The average molecular weight is 352 g/mol. The van der Waals surface area contributed by atoms with E-state index < -0.39 is 29.7 Å². The van der Waals surface area contributed by atoms with E-state index in [1.165, 1.54) is 0 Å². The maximum absolute atomic E-state index is 12.2. The van der Waals surface area contributed by atoms with Gasteiger partial charge < -0.3 is 19.7 Å². The maximum atomic E-state index is 12.2. The van der Waals surface area contributed by atoms with Crippen LogP contribution in [0, 0.1) is 29.8 Å². The van der Waals surface area contributed by atoms with E-state index in [4.69, 9.17) is 14.6 Å². The third kappa shape index (κ3) is 5.20. The Kier molecular flexibility index (Phi) is 6.82. The average Bonchev–Trinajstić information content (AvgIpc) is 2.61. The summed E-state index contributed by atoms with van der Waals surface area (Å²) in [4.78, 5) is 34.6. The summed E-state index contributed by atoms with van der Waals surface area (Å²) in [6.07, 6.45) is 6.68. The van der Waals surface area contributed by atoms with Crippen LogP contribution in [0.15, 0.2) is 0 Å². The maximum Gasteiger partial charge on any atom is 0.307 e. The molecule has 0 radical (unpaired) electrons. The summed E-state index contributed by atoms with van der Waals surface area (Å²) in [7, 11) is 1.69. The van der Waals surface area contributed by atoms with Gasteiger partial charge in [0.1, 0.15) is 12.2 Å². The van der Waals surface area contributed by atoms with E-state index in [1.807, 2.05) is 0 Å². The number of carboxylic acid groups (broad SMARTS) is 2. The Morgan fingerprint density at radius 1 is 0.880 bits per heavy atom. The Labute approximate surface area is 146 Å². The van der Waals surface area contributed by atoms with Crippen LogP contribution in [0.25, 0.3) is 0 Å². The number of methoxy groups -OCH3 is 1. The molecule has 2 saturated carbocycles. The van der Waals surface area contributed by atoms with Crippen LogP contribution in [0.3, 0.4) is 0 Å². The molecule has 138 valence electrons. The van der Waals surface area contributed by atoms with Crippen molar-refractivity contribution in [1.82, 2.24) is 0 Å². The summed E-state index contributed by atoms with van der Waals surface area (Å²) >= 11 is 0. The number of carbonyl (C=O) groups is 3. The van der Waals surface area contributed by atoms with Gasteiger partial charge in [0.05, 0.1) is 17.9 Å². The minimum Gasteiger partial charge on any atom is -0.481 e. The highest BCUT2D eigenvalue weighted by atomic mass is 16.5. The second kappa shape index (κ2) is 8.86. The van der Waals surface area contributed by atoms with Gasteiger partial charge in [-0.25, -0.2) is 0 Å². The van der Waals surface area contributed by atoms with Gasteiger partial charge in [0.15, 0.2) is 0 Å². The molecule has 2 aliphatic carbocycles. The van der Waals surface area contributed by atoms with Crippen molar-refractivity contribution in [3.63, 3.8) is 0 Å². The number of hydrogen-bond acceptors (Lipinski definition) is 5. The number of ketones is 1. The number of aliphatic carboxylic acids is 2. The molecular formula is C18H24O7. The van der Waals surface area contributed by atoms with Crippen molar-refractivity contribution in [1.29, 1.82) is 0 Å². The number of Topliss-reactive ketones (excluding diaryl/α,β-unsaturated/α-hetero) is 1. The molecule has 25 heavy (non-hydrogen) atoms. The molecule has 0 saturated heterocycles. The summed E-state index contributed by atoms with van der Waals surface area (Å²) in [6.45, 7) is 0. The van der Waals surface area contributed by atoms with E-state index in [0.29, 0.717) is 6.42 Å². The first kappa shape index (κ1) is 19.3. The number of carbonyl (C=O) groups excluding carboxylic acids is 1. The topological polar surface area (TPSA) is 110 Å². The lowest BCUT2D eigenvalue weighted by molar-refractivity contribution is -0.157. The van der Waals surface area contributed by atoms with Crippen LogP contribution in [-0.4, -0.2) is 47.3 Å². The van der Waals surface area contributed by atoms with Gasteiger partial charge in [-0.15, -0.1) is 0 Å². The van der Waals surface area contributed by atoms with Crippen LogP contribution in [0.2, 0.25) is 0 Å². The lowest BCUT2D eigenvalue weighted by Crippen LogP contribution is -2.37. The molecule has 0 spiro atoms. The highest BCUT2D eigenvalue weighted by molar-refractivity contribution is 5.97. The Bertz CT molecular complexity index is 566. The van der Waals surface area contributed by atoms with Crippen LogP contribution in [0.4, 0.5) is 0 Å². The van der Waals surface area contributed by atoms with Gasteiger partial charge in [-0.1, -0.05) is 0 Å². The van der Waals surface area contributed by atoms with E-state index >= 15 is 0 Å². The normalized spacial score (nSPS) is 32.1. The molecule has 0 aromatic heterocycles. The van der Waals surface area contributed by atoms with Crippen LogP contribution in [0.5, 0.6) is 0 Å². The molecule has 0 aromatic rings. The zero-order valence-electron chi connectivity index (χ0n) is 14.3. The summed E-state index contributed by atoms with van der Waals surface area (Å²) in [5.74, 6) is -2.77. The van der Waals surface area contributed by atoms with Gasteiger partial charge >= 0.3 is 11.9 Å². The Hall–Kier alpha value is -2.07. The van der Waals surface area contributed by atoms with Gasteiger partial charge in [-0.05, 0) is 44.9 Å². The molecule has 2 N–H and O–H groups in total. The summed E-state index contributed by atoms with van der Waals surface area (Å²) in [5.41, 5.74) is 0. The fourth-order valence-corrected chi connectivity index (χ4v) is 3.63. The van der Waals surface area contributed by atoms with Crippen molar-refractivity contribution in [2.45, 2.75) is 57.2 Å². The second-order valence-corrected chi connectivity index (χ2v) is 6.74. The SMILES string of the molecule is COC1CCC(OC#CC(=O)C2CCC(C(=O)O)C(C(=O)O)C2)CC1. The van der Waals surface area contributed by atoms with Crippen molar-refractivity contribution >= 4 is 17.7 Å². The first-order valence-corrected chi connectivity index (χ1v) is 8.61. The van der Waals surface area contributed by atoms with E-state index in [2.05, 4.69) is 12.0 Å². The fourth-order valence-electron chi connectivity index (χ4n) is 3.63. The fraction of sp³-hybridized carbons (Fsp3) is 0.722. The van der Waals surface area contributed by atoms with E-state index in [9.17, 15) is 19.5 Å². The molecule has 3 atom stereocenters. The largest absolute Gasteiger partial charge is 0.481 e. The van der Waals surface area contributed by atoms with Crippen LogP contribution < -0.4 is 0 Å². The monoisotopic (exact) mass is 352 g/mol. The molecule has 0 aromatic carbocycles. The van der Waals surface area contributed by atoms with Crippen LogP contribution in [-0.2, 0) is 23.9 Å². The first-order valence-electron chi connectivity index (χ1n) is 8.61. The van der Waals surface area contributed by atoms with Gasteiger partial charge in [0.2, 0.25) is 5.78 Å². The number of ether oxygens (including phenoxy) is 2. The van der Waals surface area contributed by atoms with Crippen molar-refractivity contribution in [2.24, 2.45) is 17.8 Å². The quantitative estimate of drug-likeness (QED) is 0.724. The van der Waals surface area contributed by atoms with Crippen molar-refractivity contribution in [2.75, 3.05) is 7.11 Å². The lowest BCUT2D eigenvalue weighted by atomic mass is 9.73.